The standard InChI is InChI=1S/C23H22FN3O2/c1-16-4-2-3-5-19(16)22(28)26-11-10-23(14-26)15-27-20(12-25-21(27)13-29-23)17-6-8-18(24)9-7-17/h2-9,12H,10-11,13-15H2,1H3. The highest BCUT2D eigenvalue weighted by molar-refractivity contribution is 5.95. The maximum atomic E-state index is 13.3. The van der Waals surface area contributed by atoms with Gasteiger partial charge in [0.05, 0.1) is 25.0 Å². The third kappa shape index (κ3) is 3.13. The molecule has 1 saturated heterocycles. The van der Waals surface area contributed by atoms with Gasteiger partial charge >= 0.3 is 0 Å². The third-order valence-electron chi connectivity index (χ3n) is 6.01. The summed E-state index contributed by atoms with van der Waals surface area (Å²) in [7, 11) is 0. The maximum absolute atomic E-state index is 13.3. The van der Waals surface area contributed by atoms with Gasteiger partial charge in [0.1, 0.15) is 23.8 Å². The molecular formula is C23H22FN3O2. The van der Waals surface area contributed by atoms with E-state index in [0.29, 0.717) is 26.2 Å². The van der Waals surface area contributed by atoms with Gasteiger partial charge in [-0.25, -0.2) is 9.37 Å². The SMILES string of the molecule is Cc1ccccc1C(=O)N1CCC2(C1)Cn1c(-c3ccc(F)cc3)cnc1CO2. The smallest absolute Gasteiger partial charge is 0.254 e. The first-order valence-corrected chi connectivity index (χ1v) is 9.84. The predicted molar refractivity (Wildman–Crippen MR) is 107 cm³/mol. The Morgan fingerprint density at radius 2 is 1.93 bits per heavy atom. The number of nitrogens with zero attached hydrogens (tertiary/aromatic N) is 3. The van der Waals surface area contributed by atoms with Gasteiger partial charge in [0.2, 0.25) is 0 Å². The Hall–Kier alpha value is -2.99. The van der Waals surface area contributed by atoms with Crippen molar-refractivity contribution in [2.24, 2.45) is 0 Å². The molecule has 0 N–H and O–H groups in total. The van der Waals surface area contributed by atoms with E-state index in [1.165, 1.54) is 12.1 Å². The fraction of sp³-hybridized carbons (Fsp3) is 0.304. The van der Waals surface area contributed by atoms with E-state index in [2.05, 4.69) is 9.55 Å². The first-order chi connectivity index (χ1) is 14.0. The van der Waals surface area contributed by atoms with E-state index in [-0.39, 0.29) is 11.7 Å². The second-order valence-electron chi connectivity index (χ2n) is 7.92. The summed E-state index contributed by atoms with van der Waals surface area (Å²) >= 11 is 0. The Morgan fingerprint density at radius 3 is 2.72 bits per heavy atom. The third-order valence-corrected chi connectivity index (χ3v) is 6.01. The molecule has 0 bridgehead atoms. The summed E-state index contributed by atoms with van der Waals surface area (Å²) in [4.78, 5) is 19.4. The lowest BCUT2D eigenvalue weighted by Crippen LogP contribution is -2.45. The molecule has 0 radical (unpaired) electrons. The van der Waals surface area contributed by atoms with Crippen LogP contribution in [0.25, 0.3) is 11.3 Å². The lowest BCUT2D eigenvalue weighted by molar-refractivity contribution is -0.0804. The number of ether oxygens (including phenoxy) is 1. The summed E-state index contributed by atoms with van der Waals surface area (Å²) in [6.45, 7) is 4.23. The zero-order valence-corrected chi connectivity index (χ0v) is 16.3. The molecule has 1 fully saturated rings. The number of hydrogen-bond acceptors (Lipinski definition) is 3. The number of benzene rings is 2. The quantitative estimate of drug-likeness (QED) is 0.667. The van der Waals surface area contributed by atoms with Crippen LogP contribution in [-0.4, -0.2) is 39.0 Å². The van der Waals surface area contributed by atoms with Gasteiger partial charge < -0.3 is 14.2 Å². The number of aromatic nitrogens is 2. The highest BCUT2D eigenvalue weighted by atomic mass is 19.1. The normalized spacial score (nSPS) is 20.8. The van der Waals surface area contributed by atoms with Crippen molar-refractivity contribution in [3.63, 3.8) is 0 Å². The number of carbonyl (C=O) groups excluding carboxylic acids is 1. The van der Waals surface area contributed by atoms with Crippen LogP contribution >= 0.6 is 0 Å². The lowest BCUT2D eigenvalue weighted by Gasteiger charge is -2.35. The highest BCUT2D eigenvalue weighted by Gasteiger charge is 2.44. The van der Waals surface area contributed by atoms with Crippen LogP contribution in [0.3, 0.4) is 0 Å². The van der Waals surface area contributed by atoms with Gasteiger partial charge in [-0.1, -0.05) is 18.2 Å². The van der Waals surface area contributed by atoms with Crippen LogP contribution < -0.4 is 0 Å². The van der Waals surface area contributed by atoms with Gasteiger partial charge in [-0.15, -0.1) is 0 Å². The van der Waals surface area contributed by atoms with E-state index in [1.54, 1.807) is 12.1 Å². The van der Waals surface area contributed by atoms with Crippen molar-refractivity contribution in [1.82, 2.24) is 14.5 Å². The van der Waals surface area contributed by atoms with E-state index < -0.39 is 5.60 Å². The van der Waals surface area contributed by atoms with E-state index in [9.17, 15) is 9.18 Å². The number of imidazole rings is 1. The minimum Gasteiger partial charge on any atom is -0.363 e. The zero-order chi connectivity index (χ0) is 20.0. The second kappa shape index (κ2) is 6.81. The molecule has 6 heteroatoms. The molecule has 148 valence electrons. The van der Waals surface area contributed by atoms with E-state index in [0.717, 1.165) is 34.6 Å². The summed E-state index contributed by atoms with van der Waals surface area (Å²) in [5.41, 5.74) is 3.19. The molecular weight excluding hydrogens is 369 g/mol. The molecule has 2 aliphatic rings. The predicted octanol–water partition coefficient (Wildman–Crippen LogP) is 3.81. The molecule has 5 rings (SSSR count). The van der Waals surface area contributed by atoms with Gasteiger partial charge in [-0.3, -0.25) is 4.79 Å². The van der Waals surface area contributed by atoms with Gasteiger partial charge in [-0.2, -0.15) is 0 Å². The molecule has 1 unspecified atom stereocenters. The van der Waals surface area contributed by atoms with Crippen molar-refractivity contribution in [2.75, 3.05) is 13.1 Å². The molecule has 1 aromatic heterocycles. The minimum absolute atomic E-state index is 0.0544. The highest BCUT2D eigenvalue weighted by Crippen LogP contribution is 2.35. The number of rotatable bonds is 2. The fourth-order valence-corrected chi connectivity index (χ4v) is 4.36. The maximum Gasteiger partial charge on any atom is 0.254 e. The number of amides is 1. The van der Waals surface area contributed by atoms with Crippen molar-refractivity contribution < 1.29 is 13.9 Å². The van der Waals surface area contributed by atoms with E-state index >= 15 is 0 Å². The van der Waals surface area contributed by atoms with Crippen LogP contribution in [-0.2, 0) is 17.9 Å². The monoisotopic (exact) mass is 391 g/mol. The van der Waals surface area contributed by atoms with Crippen LogP contribution in [0.4, 0.5) is 4.39 Å². The van der Waals surface area contributed by atoms with E-state index in [4.69, 9.17) is 4.74 Å². The summed E-state index contributed by atoms with van der Waals surface area (Å²) in [6.07, 6.45) is 2.60. The Balaban J connectivity index is 1.40. The van der Waals surface area contributed by atoms with E-state index in [1.807, 2.05) is 42.3 Å². The second-order valence-corrected chi connectivity index (χ2v) is 7.92. The van der Waals surface area contributed by atoms with Gasteiger partial charge in [0.25, 0.3) is 5.91 Å². The molecule has 2 aliphatic heterocycles. The lowest BCUT2D eigenvalue weighted by atomic mass is 10.0. The van der Waals surface area contributed by atoms with Crippen LogP contribution in [0.2, 0.25) is 0 Å². The number of carbonyl (C=O) groups is 1. The Bertz CT molecular complexity index is 1080. The minimum atomic E-state index is -0.416. The molecule has 3 aromatic rings. The fourth-order valence-electron chi connectivity index (χ4n) is 4.36. The largest absolute Gasteiger partial charge is 0.363 e. The summed E-state index contributed by atoms with van der Waals surface area (Å²) in [6, 6.07) is 14.1. The average molecular weight is 391 g/mol. The topological polar surface area (TPSA) is 47.4 Å². The number of likely N-dealkylation sites (tertiary alicyclic amines) is 1. The molecule has 5 nitrogen and oxygen atoms in total. The Kier molecular flexibility index (Phi) is 4.24. The molecule has 3 heterocycles. The molecule has 0 saturated carbocycles. The first-order valence-electron chi connectivity index (χ1n) is 9.84. The molecule has 1 atom stereocenters. The summed E-state index contributed by atoms with van der Waals surface area (Å²) < 4.78 is 21.7. The molecule has 0 aliphatic carbocycles. The number of aryl methyl sites for hydroxylation is 1. The molecule has 2 aromatic carbocycles. The van der Waals surface area contributed by atoms with Gasteiger partial charge in [0.15, 0.2) is 0 Å². The summed E-state index contributed by atoms with van der Waals surface area (Å²) in [5, 5.41) is 0. The van der Waals surface area contributed by atoms with Crippen LogP contribution in [0.1, 0.15) is 28.2 Å². The van der Waals surface area contributed by atoms with Crippen LogP contribution in [0.5, 0.6) is 0 Å². The summed E-state index contributed by atoms with van der Waals surface area (Å²) in [5.74, 6) is 0.658. The van der Waals surface area contributed by atoms with Crippen LogP contribution in [0.15, 0.2) is 54.7 Å². The Morgan fingerprint density at radius 1 is 1.14 bits per heavy atom. The first kappa shape index (κ1) is 18.1. The van der Waals surface area contributed by atoms with Gasteiger partial charge in [-0.05, 0) is 54.8 Å². The molecule has 1 spiro atoms. The van der Waals surface area contributed by atoms with Crippen LogP contribution in [0, 0.1) is 12.7 Å². The number of halogens is 1. The molecule has 29 heavy (non-hydrogen) atoms. The van der Waals surface area contributed by atoms with Crippen molar-refractivity contribution >= 4 is 5.91 Å². The van der Waals surface area contributed by atoms with Crippen molar-refractivity contribution in [2.45, 2.75) is 32.1 Å². The van der Waals surface area contributed by atoms with Crippen molar-refractivity contribution in [3.05, 3.63) is 77.5 Å². The average Bonchev–Trinajstić information content (AvgIpc) is 3.33. The number of fused-ring (bicyclic) bond motifs is 1. The number of hydrogen-bond donors (Lipinski definition) is 0. The zero-order valence-electron chi connectivity index (χ0n) is 16.3. The van der Waals surface area contributed by atoms with Crippen molar-refractivity contribution in [3.8, 4) is 11.3 Å². The molecule has 1 amide bonds. The van der Waals surface area contributed by atoms with Gasteiger partial charge in [0, 0.05) is 12.1 Å². The van der Waals surface area contributed by atoms with Crippen molar-refractivity contribution in [1.29, 1.82) is 0 Å². The Labute approximate surface area is 168 Å².